The van der Waals surface area contributed by atoms with Crippen molar-refractivity contribution in [3.8, 4) is 0 Å². The van der Waals surface area contributed by atoms with Crippen LogP contribution in [-0.4, -0.2) is 90.2 Å². The molecule has 1 saturated heterocycles. The van der Waals surface area contributed by atoms with E-state index in [2.05, 4.69) is 53.6 Å². The number of carbonyl (C=O) groups excluding carboxylic acids is 1. The third-order valence-corrected chi connectivity index (χ3v) is 9.70. The number of nitrogens with one attached hydrogen (secondary N) is 1. The van der Waals surface area contributed by atoms with Gasteiger partial charge < -0.3 is 33.9 Å². The number of hydrogen-bond donors (Lipinski definition) is 1. The average Bonchev–Trinajstić information content (AvgIpc) is 3.38. The molecule has 5 rings (SSSR count). The van der Waals surface area contributed by atoms with Crippen LogP contribution in [0.15, 0.2) is 36.8 Å². The molecule has 0 aliphatic carbocycles. The zero-order valence-corrected chi connectivity index (χ0v) is 28.9. The van der Waals surface area contributed by atoms with Gasteiger partial charge in [0.1, 0.15) is 35.9 Å². The fraction of sp³-hybridized carbons (Fsp3) is 0.576. The van der Waals surface area contributed by atoms with Crippen LogP contribution in [0.5, 0.6) is 0 Å². The lowest BCUT2D eigenvalue weighted by Gasteiger charge is -2.36. The summed E-state index contributed by atoms with van der Waals surface area (Å²) in [5.74, 6) is 1.67. The fourth-order valence-electron chi connectivity index (χ4n) is 5.47. The van der Waals surface area contributed by atoms with Crippen molar-refractivity contribution in [3.05, 3.63) is 48.1 Å². The molecule has 11 nitrogen and oxygen atoms in total. The van der Waals surface area contributed by atoms with Crippen LogP contribution in [0.25, 0.3) is 16.6 Å². The largest absolute Gasteiger partial charge is 0.444 e. The molecule has 5 heterocycles. The Bertz CT molecular complexity index is 1500. The van der Waals surface area contributed by atoms with E-state index in [0.717, 1.165) is 53.0 Å². The molecule has 0 spiro atoms. The Morgan fingerprint density at radius 1 is 1.13 bits per heavy atom. The molecule has 0 radical (unpaired) electrons. The highest BCUT2D eigenvalue weighted by molar-refractivity contribution is 6.76. The average molecular weight is 636 g/mol. The number of anilines is 2. The number of ether oxygens (including phenoxy) is 3. The van der Waals surface area contributed by atoms with Gasteiger partial charge in [-0.3, -0.25) is 0 Å². The predicted molar refractivity (Wildman–Crippen MR) is 181 cm³/mol. The van der Waals surface area contributed by atoms with Gasteiger partial charge in [0.25, 0.3) is 0 Å². The third kappa shape index (κ3) is 8.62. The van der Waals surface area contributed by atoms with Crippen LogP contribution < -0.4 is 10.2 Å². The Hall–Kier alpha value is -3.48. The van der Waals surface area contributed by atoms with Crippen molar-refractivity contribution in [1.82, 2.24) is 24.4 Å². The van der Waals surface area contributed by atoms with E-state index in [1.165, 1.54) is 5.57 Å². The summed E-state index contributed by atoms with van der Waals surface area (Å²) < 4.78 is 19.4. The standard InChI is InChI=1S/C33H49N7O4Si/c1-24(27-9-8-10-28(37-27)38-13-15-39(16-14-38)32(41)44-33(2,3)4)36-30-29-26(25-11-17-42-18-12-25)21-40(31(29)35-22-34-30)23-43-19-20-45(5,6)7/h8-11,21-22,24H,12-20,23H2,1-7H3,(H,34,35,36)/t24-/m0/s1. The topological polar surface area (TPSA) is 107 Å². The molecule has 1 atom stereocenters. The molecular formula is C33H49N7O4Si. The van der Waals surface area contributed by atoms with Crippen molar-refractivity contribution < 1.29 is 19.0 Å². The Morgan fingerprint density at radius 2 is 1.91 bits per heavy atom. The number of amides is 1. The number of carbonyl (C=O) groups is 1. The van der Waals surface area contributed by atoms with Gasteiger partial charge in [-0.1, -0.05) is 31.8 Å². The van der Waals surface area contributed by atoms with Crippen LogP contribution in [0.1, 0.15) is 51.4 Å². The van der Waals surface area contributed by atoms with Gasteiger partial charge in [-0.25, -0.2) is 19.7 Å². The van der Waals surface area contributed by atoms with Crippen molar-refractivity contribution >= 4 is 42.4 Å². The molecule has 3 aromatic rings. The first-order valence-electron chi connectivity index (χ1n) is 16.0. The van der Waals surface area contributed by atoms with Gasteiger partial charge in [-0.15, -0.1) is 0 Å². The van der Waals surface area contributed by atoms with Crippen molar-refractivity contribution in [2.45, 2.75) is 78.2 Å². The van der Waals surface area contributed by atoms with E-state index < -0.39 is 13.7 Å². The molecule has 3 aromatic heterocycles. The maximum Gasteiger partial charge on any atom is 0.410 e. The van der Waals surface area contributed by atoms with Crippen molar-refractivity contribution in [1.29, 1.82) is 0 Å². The van der Waals surface area contributed by atoms with E-state index in [4.69, 9.17) is 29.2 Å². The second kappa shape index (κ2) is 13.9. The molecule has 0 aromatic carbocycles. The van der Waals surface area contributed by atoms with E-state index in [0.29, 0.717) is 46.1 Å². The maximum atomic E-state index is 12.5. The number of nitrogens with zero attached hydrogens (tertiary/aromatic N) is 6. The Morgan fingerprint density at radius 3 is 2.60 bits per heavy atom. The molecule has 1 amide bonds. The number of rotatable bonds is 10. The van der Waals surface area contributed by atoms with E-state index in [-0.39, 0.29) is 12.1 Å². The van der Waals surface area contributed by atoms with Gasteiger partial charge >= 0.3 is 6.09 Å². The summed E-state index contributed by atoms with van der Waals surface area (Å²) in [5.41, 5.74) is 3.61. The van der Waals surface area contributed by atoms with Crippen LogP contribution >= 0.6 is 0 Å². The summed E-state index contributed by atoms with van der Waals surface area (Å²) in [6.07, 6.45) is 6.50. The third-order valence-electron chi connectivity index (χ3n) is 8.00. The second-order valence-corrected chi connectivity index (χ2v) is 19.7. The van der Waals surface area contributed by atoms with Crippen molar-refractivity contribution in [2.24, 2.45) is 0 Å². The highest BCUT2D eigenvalue weighted by atomic mass is 28.3. The maximum absolute atomic E-state index is 12.5. The first-order valence-corrected chi connectivity index (χ1v) is 19.7. The SMILES string of the molecule is C[C@H](Nc1ncnc2c1c(C1=CCOCC1)cn2COCC[Si](C)(C)C)c1cccc(N2CCN(C(=O)OC(C)(C)C)CC2)n1. The van der Waals surface area contributed by atoms with Crippen LogP contribution in [0.2, 0.25) is 25.7 Å². The lowest BCUT2D eigenvalue weighted by Crippen LogP contribution is -2.50. The summed E-state index contributed by atoms with van der Waals surface area (Å²) in [6, 6.07) is 7.11. The van der Waals surface area contributed by atoms with Crippen molar-refractivity contribution in [3.63, 3.8) is 0 Å². The smallest absolute Gasteiger partial charge is 0.410 e. The van der Waals surface area contributed by atoms with E-state index >= 15 is 0 Å². The molecule has 2 aliphatic heterocycles. The molecule has 12 heteroatoms. The van der Waals surface area contributed by atoms with Crippen LogP contribution in [0, 0.1) is 0 Å². The normalized spacial score (nSPS) is 16.9. The lowest BCUT2D eigenvalue weighted by molar-refractivity contribution is 0.0240. The first-order chi connectivity index (χ1) is 21.4. The molecule has 1 N–H and O–H groups in total. The minimum absolute atomic E-state index is 0.112. The summed E-state index contributed by atoms with van der Waals surface area (Å²) in [5, 5.41) is 4.63. The summed E-state index contributed by atoms with van der Waals surface area (Å²) >= 11 is 0. The minimum atomic E-state index is -1.18. The zero-order valence-electron chi connectivity index (χ0n) is 27.9. The molecule has 0 unspecified atom stereocenters. The van der Waals surface area contributed by atoms with Gasteiger partial charge in [-0.2, -0.15) is 0 Å². The van der Waals surface area contributed by atoms with E-state index in [1.807, 2.05) is 39.0 Å². The molecular weight excluding hydrogens is 586 g/mol. The monoisotopic (exact) mass is 635 g/mol. The molecule has 0 saturated carbocycles. The molecule has 1 fully saturated rings. The van der Waals surface area contributed by atoms with Gasteiger partial charge in [0, 0.05) is 52.6 Å². The Balaban J connectivity index is 1.33. The highest BCUT2D eigenvalue weighted by Gasteiger charge is 2.27. The number of hydrogen-bond acceptors (Lipinski definition) is 9. The highest BCUT2D eigenvalue weighted by Crippen LogP contribution is 2.35. The summed E-state index contributed by atoms with van der Waals surface area (Å²) in [4.78, 5) is 31.0. The van der Waals surface area contributed by atoms with Crippen LogP contribution in [0.3, 0.4) is 0 Å². The Kier molecular flexibility index (Phi) is 10.1. The molecule has 45 heavy (non-hydrogen) atoms. The number of fused-ring (bicyclic) bond motifs is 1. The lowest BCUT2D eigenvalue weighted by atomic mass is 10.0. The van der Waals surface area contributed by atoms with Gasteiger partial charge in [0.05, 0.1) is 30.3 Å². The van der Waals surface area contributed by atoms with E-state index in [1.54, 1.807) is 11.2 Å². The predicted octanol–water partition coefficient (Wildman–Crippen LogP) is 6.17. The van der Waals surface area contributed by atoms with Gasteiger partial charge in [0.2, 0.25) is 0 Å². The van der Waals surface area contributed by atoms with E-state index in [9.17, 15) is 4.79 Å². The quantitative estimate of drug-likeness (QED) is 0.207. The second-order valence-electron chi connectivity index (χ2n) is 14.1. The van der Waals surface area contributed by atoms with Gasteiger partial charge in [0.15, 0.2) is 0 Å². The summed E-state index contributed by atoms with van der Waals surface area (Å²) in [6.45, 7) is 19.9. The van der Waals surface area contributed by atoms with Crippen molar-refractivity contribution in [2.75, 3.05) is 56.2 Å². The van der Waals surface area contributed by atoms with Crippen LogP contribution in [-0.2, 0) is 20.9 Å². The number of pyridine rings is 1. The van der Waals surface area contributed by atoms with Gasteiger partial charge in [-0.05, 0) is 57.9 Å². The summed E-state index contributed by atoms with van der Waals surface area (Å²) in [7, 11) is -1.18. The first kappa shape index (κ1) is 32.9. The number of aromatic nitrogens is 4. The fourth-order valence-corrected chi connectivity index (χ4v) is 6.23. The molecule has 244 valence electrons. The van der Waals surface area contributed by atoms with Crippen LogP contribution in [0.4, 0.5) is 16.4 Å². The minimum Gasteiger partial charge on any atom is -0.444 e. The zero-order chi connectivity index (χ0) is 32.2. The Labute approximate surface area is 268 Å². The molecule has 0 bridgehead atoms. The molecule has 2 aliphatic rings. The number of piperazine rings is 1.